The first-order valence-electron chi connectivity index (χ1n) is 14.5. The summed E-state index contributed by atoms with van der Waals surface area (Å²) in [6, 6.07) is 21.5. The molecule has 37 heavy (non-hydrogen) atoms. The number of carbonyl (C=O) groups excluding carboxylic acids is 2. The zero-order valence-electron chi connectivity index (χ0n) is 21.7. The summed E-state index contributed by atoms with van der Waals surface area (Å²) in [5.41, 5.74) is 2.62. The molecule has 2 aromatic carbocycles. The summed E-state index contributed by atoms with van der Waals surface area (Å²) in [4.78, 5) is 31.2. The Balaban J connectivity index is 0.964. The Bertz CT molecular complexity index is 1070. The molecule has 0 unspecified atom stereocenters. The molecule has 1 N–H and O–H groups in total. The van der Waals surface area contributed by atoms with Crippen molar-refractivity contribution in [2.75, 3.05) is 26.2 Å². The van der Waals surface area contributed by atoms with Crippen molar-refractivity contribution in [1.82, 2.24) is 15.1 Å². The highest BCUT2D eigenvalue weighted by Gasteiger charge is 2.55. The van der Waals surface area contributed by atoms with Crippen LogP contribution in [0, 0.1) is 29.6 Å². The summed E-state index contributed by atoms with van der Waals surface area (Å²) in [5, 5.41) is 3.51. The molecule has 5 heteroatoms. The molecule has 1 saturated heterocycles. The van der Waals surface area contributed by atoms with E-state index in [2.05, 4.69) is 70.9 Å². The minimum absolute atomic E-state index is 0.0392. The quantitative estimate of drug-likeness (QED) is 0.633. The fraction of sp³-hybridized carbons (Fsp3) is 0.562. The Labute approximate surface area is 220 Å². The number of amides is 2. The third kappa shape index (κ3) is 4.50. The van der Waals surface area contributed by atoms with Gasteiger partial charge in [0, 0.05) is 31.7 Å². The van der Waals surface area contributed by atoms with Gasteiger partial charge in [0.25, 0.3) is 0 Å². The van der Waals surface area contributed by atoms with E-state index in [1.165, 1.54) is 49.7 Å². The van der Waals surface area contributed by atoms with Crippen molar-refractivity contribution < 1.29 is 9.59 Å². The molecule has 5 nitrogen and oxygen atoms in total. The van der Waals surface area contributed by atoms with Crippen molar-refractivity contribution >= 4 is 11.8 Å². The second kappa shape index (κ2) is 9.27. The highest BCUT2D eigenvalue weighted by atomic mass is 16.2. The Morgan fingerprint density at radius 3 is 1.73 bits per heavy atom. The molecule has 8 rings (SSSR count). The Morgan fingerprint density at radius 1 is 0.703 bits per heavy atom. The van der Waals surface area contributed by atoms with Gasteiger partial charge in [-0.1, -0.05) is 60.7 Å². The molecule has 2 aromatic rings. The zero-order valence-corrected chi connectivity index (χ0v) is 21.7. The number of piperazine rings is 1. The standard InChI is InChI=1S/C32H39N3O2/c36-30(33-32-19-22-15-23(20-32)17-24(16-22)21-32)27-18-28(27)31(37)35-13-11-34(12-14-35)29(25-7-3-1-4-8-25)26-9-5-2-6-10-26/h1-10,22-24,27-29H,11-21H2,(H,33,36)/t22?,23?,24?,27-,28-,32?/m0/s1. The van der Waals surface area contributed by atoms with Gasteiger partial charge in [0.2, 0.25) is 11.8 Å². The SMILES string of the molecule is O=C(NC12CC3CC(CC(C3)C1)C2)[C@H]1C[C@@H]1C(=O)N1CCN(C(c2ccccc2)c2ccccc2)CC1. The van der Waals surface area contributed by atoms with E-state index in [-0.39, 0.29) is 35.2 Å². The molecule has 1 aliphatic heterocycles. The van der Waals surface area contributed by atoms with Crippen LogP contribution in [0.15, 0.2) is 60.7 Å². The van der Waals surface area contributed by atoms with Crippen LogP contribution in [0.1, 0.15) is 62.1 Å². The number of nitrogens with zero attached hydrogens (tertiary/aromatic N) is 2. The lowest BCUT2D eigenvalue weighted by Gasteiger charge is -2.57. The van der Waals surface area contributed by atoms with Gasteiger partial charge >= 0.3 is 0 Å². The van der Waals surface area contributed by atoms with Crippen molar-refractivity contribution in [3.8, 4) is 0 Å². The normalized spacial score (nSPS) is 34.5. The van der Waals surface area contributed by atoms with Gasteiger partial charge in [-0.2, -0.15) is 0 Å². The van der Waals surface area contributed by atoms with Crippen molar-refractivity contribution in [3.05, 3.63) is 71.8 Å². The number of nitrogens with one attached hydrogen (secondary N) is 1. The van der Waals surface area contributed by atoms with Crippen molar-refractivity contribution in [2.45, 2.75) is 56.5 Å². The summed E-state index contributed by atoms with van der Waals surface area (Å²) >= 11 is 0. The van der Waals surface area contributed by atoms with Crippen LogP contribution in [0.4, 0.5) is 0 Å². The number of carbonyl (C=O) groups is 2. The van der Waals surface area contributed by atoms with Crippen LogP contribution >= 0.6 is 0 Å². The van der Waals surface area contributed by atoms with Crippen LogP contribution in [0.3, 0.4) is 0 Å². The van der Waals surface area contributed by atoms with Gasteiger partial charge < -0.3 is 10.2 Å². The third-order valence-corrected chi connectivity index (χ3v) is 10.1. The smallest absolute Gasteiger partial charge is 0.226 e. The second-order valence-electron chi connectivity index (χ2n) is 12.7. The highest BCUT2D eigenvalue weighted by molar-refractivity contribution is 5.92. The van der Waals surface area contributed by atoms with Crippen LogP contribution < -0.4 is 5.32 Å². The maximum absolute atomic E-state index is 13.4. The zero-order chi connectivity index (χ0) is 25.0. The molecule has 194 valence electrons. The maximum Gasteiger partial charge on any atom is 0.226 e. The first kappa shape index (κ1) is 23.5. The van der Waals surface area contributed by atoms with Crippen LogP contribution in [0.2, 0.25) is 0 Å². The van der Waals surface area contributed by atoms with Gasteiger partial charge in [-0.25, -0.2) is 0 Å². The monoisotopic (exact) mass is 497 g/mol. The van der Waals surface area contributed by atoms with Gasteiger partial charge in [-0.05, 0) is 73.8 Å². The van der Waals surface area contributed by atoms with E-state index in [4.69, 9.17) is 0 Å². The Kier molecular flexibility index (Phi) is 5.88. The molecule has 0 radical (unpaired) electrons. The van der Waals surface area contributed by atoms with Gasteiger partial charge in [-0.3, -0.25) is 14.5 Å². The minimum Gasteiger partial charge on any atom is -0.350 e. The number of benzene rings is 2. The molecular weight excluding hydrogens is 458 g/mol. The van der Waals surface area contributed by atoms with Crippen LogP contribution in [-0.4, -0.2) is 53.3 Å². The minimum atomic E-state index is -0.112. The average Bonchev–Trinajstić information content (AvgIpc) is 3.71. The largest absolute Gasteiger partial charge is 0.350 e. The lowest BCUT2D eigenvalue weighted by molar-refractivity contribution is -0.137. The summed E-state index contributed by atoms with van der Waals surface area (Å²) in [6.07, 6.45) is 8.36. The fourth-order valence-corrected chi connectivity index (χ4v) is 8.70. The number of rotatable bonds is 6. The van der Waals surface area contributed by atoms with Gasteiger partial charge in [-0.15, -0.1) is 0 Å². The molecular formula is C32H39N3O2. The Hall–Kier alpha value is -2.66. The lowest BCUT2D eigenvalue weighted by atomic mass is 9.53. The first-order chi connectivity index (χ1) is 18.1. The second-order valence-corrected chi connectivity index (χ2v) is 12.7. The number of hydrogen-bond acceptors (Lipinski definition) is 3. The van der Waals surface area contributed by atoms with Crippen molar-refractivity contribution in [2.24, 2.45) is 29.6 Å². The van der Waals surface area contributed by atoms with E-state index in [0.717, 1.165) is 50.4 Å². The highest BCUT2D eigenvalue weighted by Crippen LogP contribution is 2.56. The van der Waals surface area contributed by atoms with Crippen LogP contribution in [0.5, 0.6) is 0 Å². The third-order valence-electron chi connectivity index (χ3n) is 10.1. The fourth-order valence-electron chi connectivity index (χ4n) is 8.70. The van der Waals surface area contributed by atoms with E-state index < -0.39 is 0 Å². The predicted octanol–water partition coefficient (Wildman–Crippen LogP) is 4.64. The molecule has 5 aliphatic carbocycles. The van der Waals surface area contributed by atoms with E-state index >= 15 is 0 Å². The topological polar surface area (TPSA) is 52.7 Å². The molecule has 1 heterocycles. The van der Waals surface area contributed by atoms with Crippen molar-refractivity contribution in [3.63, 3.8) is 0 Å². The predicted molar refractivity (Wildman–Crippen MR) is 144 cm³/mol. The summed E-state index contributed by atoms with van der Waals surface area (Å²) in [6.45, 7) is 3.15. The van der Waals surface area contributed by atoms with Gasteiger partial charge in [0.1, 0.15) is 0 Å². The Morgan fingerprint density at radius 2 is 1.22 bits per heavy atom. The first-order valence-corrected chi connectivity index (χ1v) is 14.5. The lowest BCUT2D eigenvalue weighted by Crippen LogP contribution is -2.60. The van der Waals surface area contributed by atoms with E-state index in [1.54, 1.807) is 0 Å². The average molecular weight is 498 g/mol. The maximum atomic E-state index is 13.4. The number of hydrogen-bond donors (Lipinski definition) is 1. The van der Waals surface area contributed by atoms with Crippen LogP contribution in [-0.2, 0) is 9.59 Å². The van der Waals surface area contributed by atoms with Crippen molar-refractivity contribution in [1.29, 1.82) is 0 Å². The summed E-state index contributed by atoms with van der Waals surface area (Å²) in [5.74, 6) is 2.58. The summed E-state index contributed by atoms with van der Waals surface area (Å²) in [7, 11) is 0. The van der Waals surface area contributed by atoms with Gasteiger partial charge in [0.05, 0.1) is 17.9 Å². The van der Waals surface area contributed by atoms with E-state index in [9.17, 15) is 9.59 Å². The molecule has 0 spiro atoms. The molecule has 0 aromatic heterocycles. The molecule has 6 fully saturated rings. The molecule has 6 aliphatic rings. The molecule has 5 saturated carbocycles. The van der Waals surface area contributed by atoms with Crippen LogP contribution in [0.25, 0.3) is 0 Å². The summed E-state index contributed by atoms with van der Waals surface area (Å²) < 4.78 is 0. The molecule has 2 amide bonds. The van der Waals surface area contributed by atoms with Gasteiger partial charge in [0.15, 0.2) is 0 Å². The van der Waals surface area contributed by atoms with E-state index in [1.807, 2.05) is 4.90 Å². The van der Waals surface area contributed by atoms with E-state index in [0.29, 0.717) is 0 Å². The molecule has 2 atom stereocenters. The molecule has 4 bridgehead atoms.